The van der Waals surface area contributed by atoms with Crippen LogP contribution in [0, 0.1) is 12.3 Å². The third-order valence-electron chi connectivity index (χ3n) is 4.30. The van der Waals surface area contributed by atoms with Crippen LogP contribution in [0.5, 0.6) is 0 Å². The van der Waals surface area contributed by atoms with Crippen molar-refractivity contribution in [2.24, 2.45) is 0 Å². The van der Waals surface area contributed by atoms with Crippen molar-refractivity contribution in [1.29, 1.82) is 0 Å². The van der Waals surface area contributed by atoms with Crippen LogP contribution in [-0.4, -0.2) is 36.6 Å². The highest BCUT2D eigenvalue weighted by molar-refractivity contribution is 5.94. The van der Waals surface area contributed by atoms with Crippen LogP contribution >= 0.6 is 0 Å². The first-order chi connectivity index (χ1) is 11.8. The highest BCUT2D eigenvalue weighted by atomic mass is 16.5. The Bertz CT molecular complexity index is 733. The fraction of sp³-hybridized carbons (Fsp3) is 0.286. The number of carbonyl (C=O) groups excluding carboxylic acids is 1. The molecule has 0 spiro atoms. The number of nitrogens with zero attached hydrogens (tertiary/aromatic N) is 1. The van der Waals surface area contributed by atoms with Gasteiger partial charge in [0.15, 0.2) is 0 Å². The van der Waals surface area contributed by atoms with Crippen LogP contribution in [0.25, 0.3) is 0 Å². The largest absolute Gasteiger partial charge is 0.375 e. The van der Waals surface area contributed by atoms with E-state index in [1.807, 2.05) is 41.3 Å². The lowest BCUT2D eigenvalue weighted by Crippen LogP contribution is -2.45. The van der Waals surface area contributed by atoms with Crippen molar-refractivity contribution in [2.75, 3.05) is 19.7 Å². The molecule has 1 saturated heterocycles. The molecule has 1 heterocycles. The fourth-order valence-electron chi connectivity index (χ4n) is 2.98. The predicted molar refractivity (Wildman–Crippen MR) is 94.8 cm³/mol. The second-order valence-corrected chi connectivity index (χ2v) is 5.99. The number of aryl methyl sites for hydroxylation is 1. The first kappa shape index (κ1) is 16.3. The lowest BCUT2D eigenvalue weighted by atomic mass is 10.0. The van der Waals surface area contributed by atoms with Gasteiger partial charge in [0.1, 0.15) is 0 Å². The van der Waals surface area contributed by atoms with Crippen molar-refractivity contribution in [3.63, 3.8) is 0 Å². The van der Waals surface area contributed by atoms with Gasteiger partial charge in [0.25, 0.3) is 5.91 Å². The van der Waals surface area contributed by atoms with Crippen molar-refractivity contribution < 1.29 is 9.53 Å². The first-order valence-electron chi connectivity index (χ1n) is 8.28. The Morgan fingerprint density at radius 2 is 2.04 bits per heavy atom. The summed E-state index contributed by atoms with van der Waals surface area (Å²) in [5.41, 5.74) is 2.68. The van der Waals surface area contributed by atoms with Crippen molar-refractivity contribution in [3.05, 3.63) is 71.3 Å². The van der Waals surface area contributed by atoms with Crippen LogP contribution in [0.15, 0.2) is 54.6 Å². The van der Waals surface area contributed by atoms with Gasteiger partial charge in [-0.3, -0.25) is 4.79 Å². The van der Waals surface area contributed by atoms with E-state index in [1.165, 1.54) is 5.56 Å². The van der Waals surface area contributed by atoms with E-state index in [0.29, 0.717) is 25.3 Å². The minimum absolute atomic E-state index is 0.0279. The average Bonchev–Trinajstić information content (AvgIpc) is 2.67. The van der Waals surface area contributed by atoms with Gasteiger partial charge in [-0.15, -0.1) is 6.42 Å². The highest BCUT2D eigenvalue weighted by Gasteiger charge is 2.24. The Hall–Kier alpha value is -2.57. The summed E-state index contributed by atoms with van der Waals surface area (Å²) in [5, 5.41) is 0. The summed E-state index contributed by atoms with van der Waals surface area (Å²) in [6, 6.07) is 17.6. The van der Waals surface area contributed by atoms with Crippen LogP contribution in [-0.2, 0) is 11.2 Å². The molecule has 1 fully saturated rings. The van der Waals surface area contributed by atoms with E-state index in [4.69, 9.17) is 11.2 Å². The maximum Gasteiger partial charge on any atom is 0.254 e. The molecular formula is C21H21NO2. The Labute approximate surface area is 143 Å². The van der Waals surface area contributed by atoms with Gasteiger partial charge < -0.3 is 9.64 Å². The third kappa shape index (κ3) is 4.04. The van der Waals surface area contributed by atoms with Gasteiger partial charge in [-0.2, -0.15) is 0 Å². The normalized spacial score (nSPS) is 17.3. The van der Waals surface area contributed by atoms with E-state index in [2.05, 4.69) is 18.1 Å². The van der Waals surface area contributed by atoms with E-state index >= 15 is 0 Å². The predicted octanol–water partition coefficient (Wildman–Crippen LogP) is 3.14. The Kier molecular flexibility index (Phi) is 5.30. The fourth-order valence-corrected chi connectivity index (χ4v) is 2.98. The van der Waals surface area contributed by atoms with Crippen LogP contribution < -0.4 is 0 Å². The Morgan fingerprint density at radius 1 is 1.21 bits per heavy atom. The molecule has 1 amide bonds. The van der Waals surface area contributed by atoms with E-state index in [0.717, 1.165) is 18.4 Å². The molecule has 0 saturated carbocycles. The number of hydrogen-bond acceptors (Lipinski definition) is 2. The van der Waals surface area contributed by atoms with E-state index in [-0.39, 0.29) is 12.0 Å². The van der Waals surface area contributed by atoms with E-state index in [1.54, 1.807) is 6.07 Å². The minimum Gasteiger partial charge on any atom is -0.375 e. The van der Waals surface area contributed by atoms with Crippen LogP contribution in [0.3, 0.4) is 0 Å². The third-order valence-corrected chi connectivity index (χ3v) is 4.30. The molecule has 0 radical (unpaired) electrons. The molecule has 3 rings (SSSR count). The quantitative estimate of drug-likeness (QED) is 0.810. The summed E-state index contributed by atoms with van der Waals surface area (Å²) < 4.78 is 5.83. The van der Waals surface area contributed by atoms with Gasteiger partial charge in [-0.1, -0.05) is 42.3 Å². The maximum absolute atomic E-state index is 12.7. The van der Waals surface area contributed by atoms with E-state index < -0.39 is 0 Å². The summed E-state index contributed by atoms with van der Waals surface area (Å²) >= 11 is 0. The molecule has 3 nitrogen and oxygen atoms in total. The smallest absolute Gasteiger partial charge is 0.254 e. The molecule has 0 N–H and O–H groups in total. The van der Waals surface area contributed by atoms with Crippen molar-refractivity contribution >= 4 is 5.91 Å². The number of rotatable bonds is 4. The number of morpholine rings is 1. The van der Waals surface area contributed by atoms with Gasteiger partial charge in [0, 0.05) is 24.2 Å². The molecule has 1 atom stereocenters. The lowest BCUT2D eigenvalue weighted by molar-refractivity contribution is -0.0246. The summed E-state index contributed by atoms with van der Waals surface area (Å²) in [4.78, 5) is 14.6. The molecule has 1 unspecified atom stereocenters. The molecule has 1 aliphatic rings. The zero-order valence-electron chi connectivity index (χ0n) is 13.7. The van der Waals surface area contributed by atoms with Gasteiger partial charge in [-0.25, -0.2) is 0 Å². The number of carbonyl (C=O) groups is 1. The van der Waals surface area contributed by atoms with Crippen molar-refractivity contribution in [1.82, 2.24) is 4.90 Å². The molecule has 2 aromatic rings. The summed E-state index contributed by atoms with van der Waals surface area (Å²) in [7, 11) is 0. The topological polar surface area (TPSA) is 29.5 Å². The molecule has 0 aromatic heterocycles. The molecule has 0 aliphatic carbocycles. The van der Waals surface area contributed by atoms with Crippen molar-refractivity contribution in [3.8, 4) is 12.3 Å². The summed E-state index contributed by atoms with van der Waals surface area (Å²) in [5.74, 6) is 2.60. The average molecular weight is 319 g/mol. The zero-order valence-corrected chi connectivity index (χ0v) is 13.7. The molecule has 2 aromatic carbocycles. The van der Waals surface area contributed by atoms with Crippen LogP contribution in [0.1, 0.15) is 27.9 Å². The minimum atomic E-state index is 0.0279. The van der Waals surface area contributed by atoms with Gasteiger partial charge in [-0.05, 0) is 36.6 Å². The molecule has 122 valence electrons. The standard InChI is InChI=1S/C21H21NO2/c1-2-17-9-6-10-19(15-17)21(23)22-13-14-24-20(16-22)12-11-18-7-4-3-5-8-18/h1,3-10,15,20H,11-14,16H2. The second-order valence-electron chi connectivity index (χ2n) is 5.99. The summed E-state index contributed by atoms with van der Waals surface area (Å²) in [6.07, 6.45) is 7.37. The zero-order chi connectivity index (χ0) is 16.8. The molecule has 3 heteroatoms. The number of terminal acetylenes is 1. The number of amides is 1. The molecule has 1 aliphatic heterocycles. The lowest BCUT2D eigenvalue weighted by Gasteiger charge is -2.33. The second kappa shape index (κ2) is 7.81. The molecule has 24 heavy (non-hydrogen) atoms. The highest BCUT2D eigenvalue weighted by Crippen LogP contribution is 2.15. The summed E-state index contributed by atoms with van der Waals surface area (Å²) in [6.45, 7) is 1.84. The van der Waals surface area contributed by atoms with Crippen LogP contribution in [0.4, 0.5) is 0 Å². The van der Waals surface area contributed by atoms with Gasteiger partial charge >= 0.3 is 0 Å². The van der Waals surface area contributed by atoms with Gasteiger partial charge in [0.05, 0.1) is 12.7 Å². The first-order valence-corrected chi connectivity index (χ1v) is 8.28. The molecular weight excluding hydrogens is 298 g/mol. The molecule has 0 bridgehead atoms. The number of hydrogen-bond donors (Lipinski definition) is 0. The Balaban J connectivity index is 1.60. The number of ether oxygens (including phenoxy) is 1. The van der Waals surface area contributed by atoms with E-state index in [9.17, 15) is 4.79 Å². The van der Waals surface area contributed by atoms with Crippen molar-refractivity contribution in [2.45, 2.75) is 18.9 Å². The maximum atomic E-state index is 12.7. The van der Waals surface area contributed by atoms with Gasteiger partial charge in [0.2, 0.25) is 0 Å². The van der Waals surface area contributed by atoms with Crippen LogP contribution in [0.2, 0.25) is 0 Å². The number of benzene rings is 2. The Morgan fingerprint density at radius 3 is 2.83 bits per heavy atom. The SMILES string of the molecule is C#Cc1cccc(C(=O)N2CCOC(CCc3ccccc3)C2)c1. The monoisotopic (exact) mass is 319 g/mol.